The Hall–Kier alpha value is -0.260. The number of piperidine rings is 1. The van der Waals surface area contributed by atoms with Crippen LogP contribution >= 0.6 is 12.6 Å². The Morgan fingerprint density at radius 3 is 2.50 bits per heavy atom. The van der Waals surface area contributed by atoms with E-state index in [1.54, 1.807) is 0 Å². The number of carbonyl (C=O) groups is 1. The Bertz CT molecular complexity index is 180. The molecule has 1 aliphatic heterocycles. The molecule has 70 valence electrons. The van der Waals surface area contributed by atoms with E-state index in [2.05, 4.69) is 17.9 Å². The van der Waals surface area contributed by atoms with Crippen molar-refractivity contribution in [2.75, 3.05) is 13.1 Å². The van der Waals surface area contributed by atoms with Crippen LogP contribution in [-0.2, 0) is 4.79 Å². The van der Waals surface area contributed by atoms with E-state index in [0.717, 1.165) is 13.1 Å². The molecule has 0 amide bonds. The van der Waals surface area contributed by atoms with E-state index in [4.69, 9.17) is 10.8 Å². The van der Waals surface area contributed by atoms with Crippen molar-refractivity contribution in [2.45, 2.75) is 23.6 Å². The predicted octanol–water partition coefficient (Wildman–Crippen LogP) is -0.550. The van der Waals surface area contributed by atoms with Crippen LogP contribution < -0.4 is 11.1 Å². The number of hydrogen-bond acceptors (Lipinski definition) is 4. The standard InChI is InChI=1S/C7H14N2O2S/c8-5(6(10)11)7(12)1-3-9-4-2-7/h5,9,12H,1-4,8H2,(H,10,11). The lowest BCUT2D eigenvalue weighted by molar-refractivity contribution is -0.139. The number of aliphatic carboxylic acids is 1. The summed E-state index contributed by atoms with van der Waals surface area (Å²) in [6.07, 6.45) is 1.42. The highest BCUT2D eigenvalue weighted by Crippen LogP contribution is 2.28. The highest BCUT2D eigenvalue weighted by Gasteiger charge is 2.38. The van der Waals surface area contributed by atoms with E-state index in [9.17, 15) is 4.79 Å². The van der Waals surface area contributed by atoms with E-state index in [-0.39, 0.29) is 0 Å². The molecule has 1 saturated heterocycles. The molecule has 5 heteroatoms. The van der Waals surface area contributed by atoms with Crippen LogP contribution in [-0.4, -0.2) is 35.0 Å². The molecule has 4 nitrogen and oxygen atoms in total. The lowest BCUT2D eigenvalue weighted by atomic mass is 9.89. The summed E-state index contributed by atoms with van der Waals surface area (Å²) in [5.74, 6) is -0.966. The van der Waals surface area contributed by atoms with Gasteiger partial charge >= 0.3 is 5.97 Å². The maximum atomic E-state index is 10.6. The van der Waals surface area contributed by atoms with Crippen LogP contribution in [0, 0.1) is 0 Å². The van der Waals surface area contributed by atoms with Crippen molar-refractivity contribution >= 4 is 18.6 Å². The zero-order chi connectivity index (χ0) is 9.19. The first-order valence-electron chi connectivity index (χ1n) is 3.98. The van der Waals surface area contributed by atoms with Gasteiger partial charge in [0, 0.05) is 4.75 Å². The normalized spacial score (nSPS) is 24.8. The van der Waals surface area contributed by atoms with E-state index >= 15 is 0 Å². The minimum absolute atomic E-state index is 0.531. The van der Waals surface area contributed by atoms with Crippen LogP contribution in [0.5, 0.6) is 0 Å². The predicted molar refractivity (Wildman–Crippen MR) is 49.4 cm³/mol. The third kappa shape index (κ3) is 1.91. The summed E-state index contributed by atoms with van der Waals surface area (Å²) in [6, 6.07) is -0.858. The molecule has 0 spiro atoms. The molecule has 1 atom stereocenters. The number of nitrogens with two attached hydrogens (primary N) is 1. The molecule has 0 aliphatic carbocycles. The maximum absolute atomic E-state index is 10.6. The van der Waals surface area contributed by atoms with Crippen molar-refractivity contribution in [3.05, 3.63) is 0 Å². The molecule has 0 bridgehead atoms. The summed E-state index contributed by atoms with van der Waals surface area (Å²) in [7, 11) is 0. The molecule has 1 aliphatic rings. The third-order valence-electron chi connectivity index (χ3n) is 2.31. The Labute approximate surface area is 76.9 Å². The lowest BCUT2D eigenvalue weighted by Crippen LogP contribution is -2.54. The summed E-state index contributed by atoms with van der Waals surface area (Å²) >= 11 is 4.34. The lowest BCUT2D eigenvalue weighted by Gasteiger charge is -2.35. The van der Waals surface area contributed by atoms with Crippen LogP contribution in [0.3, 0.4) is 0 Å². The highest BCUT2D eigenvalue weighted by molar-refractivity contribution is 7.82. The Morgan fingerprint density at radius 1 is 1.58 bits per heavy atom. The summed E-state index contributed by atoms with van der Waals surface area (Å²) in [5.41, 5.74) is 5.52. The second-order valence-electron chi connectivity index (χ2n) is 3.17. The Kier molecular flexibility index (Phi) is 2.98. The molecule has 12 heavy (non-hydrogen) atoms. The van der Waals surface area contributed by atoms with Gasteiger partial charge in [-0.2, -0.15) is 12.6 Å². The molecular formula is C7H14N2O2S. The first-order valence-corrected chi connectivity index (χ1v) is 4.42. The number of rotatable bonds is 2. The van der Waals surface area contributed by atoms with Gasteiger partial charge in [-0.05, 0) is 25.9 Å². The van der Waals surface area contributed by atoms with Crippen LogP contribution in [0.2, 0.25) is 0 Å². The van der Waals surface area contributed by atoms with Crippen LogP contribution in [0.4, 0.5) is 0 Å². The van der Waals surface area contributed by atoms with Crippen molar-refractivity contribution in [2.24, 2.45) is 5.73 Å². The fourth-order valence-corrected chi connectivity index (χ4v) is 1.73. The SMILES string of the molecule is NC(C(=O)O)C1(S)CCNCC1. The molecule has 0 aromatic rings. The van der Waals surface area contributed by atoms with Gasteiger partial charge in [-0.15, -0.1) is 0 Å². The molecular weight excluding hydrogens is 176 g/mol. The van der Waals surface area contributed by atoms with Crippen LogP contribution in [0.15, 0.2) is 0 Å². The van der Waals surface area contributed by atoms with Gasteiger partial charge in [-0.1, -0.05) is 0 Å². The summed E-state index contributed by atoms with van der Waals surface area (Å²) in [6.45, 7) is 1.59. The number of nitrogens with one attached hydrogen (secondary N) is 1. The molecule has 0 aromatic carbocycles. The smallest absolute Gasteiger partial charge is 0.321 e. The minimum Gasteiger partial charge on any atom is -0.480 e. The zero-order valence-electron chi connectivity index (χ0n) is 6.79. The molecule has 0 saturated carbocycles. The Morgan fingerprint density at radius 2 is 2.08 bits per heavy atom. The quantitative estimate of drug-likeness (QED) is 0.441. The fourth-order valence-electron chi connectivity index (χ4n) is 1.40. The van der Waals surface area contributed by atoms with Gasteiger partial charge in [0.25, 0.3) is 0 Å². The first kappa shape index (κ1) is 9.83. The van der Waals surface area contributed by atoms with Crippen molar-refractivity contribution in [3.63, 3.8) is 0 Å². The fraction of sp³-hybridized carbons (Fsp3) is 0.857. The second-order valence-corrected chi connectivity index (χ2v) is 4.06. The minimum atomic E-state index is -0.966. The van der Waals surface area contributed by atoms with Gasteiger partial charge in [0.15, 0.2) is 0 Å². The van der Waals surface area contributed by atoms with Gasteiger partial charge in [-0.3, -0.25) is 4.79 Å². The van der Waals surface area contributed by atoms with Crippen molar-refractivity contribution in [1.29, 1.82) is 0 Å². The number of carboxylic acids is 1. The number of carboxylic acid groups (broad SMARTS) is 1. The molecule has 1 fully saturated rings. The number of thiol groups is 1. The molecule has 0 aromatic heterocycles. The zero-order valence-corrected chi connectivity index (χ0v) is 7.68. The molecule has 1 heterocycles. The van der Waals surface area contributed by atoms with Gasteiger partial charge < -0.3 is 16.2 Å². The van der Waals surface area contributed by atoms with Crippen molar-refractivity contribution < 1.29 is 9.90 Å². The van der Waals surface area contributed by atoms with Gasteiger partial charge in [0.05, 0.1) is 0 Å². The topological polar surface area (TPSA) is 75.4 Å². The Balaban J connectivity index is 2.62. The average Bonchev–Trinajstić information content (AvgIpc) is 2.04. The van der Waals surface area contributed by atoms with Gasteiger partial charge in [-0.25, -0.2) is 0 Å². The van der Waals surface area contributed by atoms with Crippen LogP contribution in [0.1, 0.15) is 12.8 Å². The van der Waals surface area contributed by atoms with Crippen molar-refractivity contribution in [3.8, 4) is 0 Å². The molecule has 1 unspecified atom stereocenters. The van der Waals surface area contributed by atoms with E-state index in [1.165, 1.54) is 0 Å². The van der Waals surface area contributed by atoms with Gasteiger partial charge in [0.2, 0.25) is 0 Å². The first-order chi connectivity index (χ1) is 5.56. The second kappa shape index (κ2) is 3.64. The average molecular weight is 190 g/mol. The van der Waals surface area contributed by atoms with Gasteiger partial charge in [0.1, 0.15) is 6.04 Å². The monoisotopic (exact) mass is 190 g/mol. The van der Waals surface area contributed by atoms with Crippen molar-refractivity contribution in [1.82, 2.24) is 5.32 Å². The largest absolute Gasteiger partial charge is 0.480 e. The van der Waals surface area contributed by atoms with E-state index in [0.29, 0.717) is 12.8 Å². The molecule has 1 rings (SSSR count). The van der Waals surface area contributed by atoms with E-state index < -0.39 is 16.8 Å². The molecule has 0 radical (unpaired) electrons. The summed E-state index contributed by atoms with van der Waals surface area (Å²) in [5, 5.41) is 11.8. The molecule has 4 N–H and O–H groups in total. The van der Waals surface area contributed by atoms with Crippen LogP contribution in [0.25, 0.3) is 0 Å². The third-order valence-corrected chi connectivity index (χ3v) is 3.04. The number of hydrogen-bond donors (Lipinski definition) is 4. The van der Waals surface area contributed by atoms with E-state index in [1.807, 2.05) is 0 Å². The summed E-state index contributed by atoms with van der Waals surface area (Å²) in [4.78, 5) is 10.6. The highest BCUT2D eigenvalue weighted by atomic mass is 32.1. The maximum Gasteiger partial charge on any atom is 0.321 e. The summed E-state index contributed by atoms with van der Waals surface area (Å²) < 4.78 is -0.531.